The molecule has 0 aromatic carbocycles. The lowest BCUT2D eigenvalue weighted by molar-refractivity contribution is -0.139. The third-order valence-corrected chi connectivity index (χ3v) is 4.01. The first-order valence-corrected chi connectivity index (χ1v) is 9.42. The molecule has 3 unspecified atom stereocenters. The predicted molar refractivity (Wildman–Crippen MR) is 104 cm³/mol. The molecule has 11 heteroatoms. The Bertz CT molecular complexity index is 607. The van der Waals surface area contributed by atoms with Crippen molar-refractivity contribution in [2.24, 2.45) is 17.6 Å². The third kappa shape index (κ3) is 11.0. The molecule has 3 amide bonds. The van der Waals surface area contributed by atoms with E-state index in [1.54, 1.807) is 13.8 Å². The lowest BCUT2D eigenvalue weighted by Gasteiger charge is -2.26. The van der Waals surface area contributed by atoms with Gasteiger partial charge in [-0.15, -0.1) is 0 Å². The smallest absolute Gasteiger partial charge is 0.322 e. The Labute approximate surface area is 169 Å². The molecule has 0 radical (unpaired) electrons. The average Bonchev–Trinajstić information content (AvgIpc) is 2.60. The molecular weight excluding hydrogens is 384 g/mol. The van der Waals surface area contributed by atoms with Crippen molar-refractivity contribution in [2.75, 3.05) is 6.54 Å². The summed E-state index contributed by atoms with van der Waals surface area (Å²) in [6.45, 7) is 6.48. The SMILES string of the molecule is CC(C)CC(NC(=O)C(NC(=O)C(N)CCC(=O)O)C(C)C)C(=O)NCC(=O)O. The van der Waals surface area contributed by atoms with Crippen molar-refractivity contribution in [3.63, 3.8) is 0 Å². The first-order valence-electron chi connectivity index (χ1n) is 9.42. The third-order valence-electron chi connectivity index (χ3n) is 4.01. The van der Waals surface area contributed by atoms with Crippen molar-refractivity contribution in [2.45, 2.75) is 65.1 Å². The van der Waals surface area contributed by atoms with Crippen molar-refractivity contribution in [3.8, 4) is 0 Å². The van der Waals surface area contributed by atoms with Gasteiger partial charge in [-0.1, -0.05) is 27.7 Å². The maximum atomic E-state index is 12.7. The van der Waals surface area contributed by atoms with Crippen molar-refractivity contribution < 1.29 is 34.2 Å². The molecule has 0 aliphatic carbocycles. The van der Waals surface area contributed by atoms with E-state index in [1.165, 1.54) is 0 Å². The maximum Gasteiger partial charge on any atom is 0.322 e. The van der Waals surface area contributed by atoms with Gasteiger partial charge in [0.2, 0.25) is 17.7 Å². The van der Waals surface area contributed by atoms with Crippen LogP contribution in [0, 0.1) is 11.8 Å². The molecule has 11 nitrogen and oxygen atoms in total. The van der Waals surface area contributed by atoms with Crippen LogP contribution in [0.5, 0.6) is 0 Å². The molecule has 29 heavy (non-hydrogen) atoms. The Hall–Kier alpha value is -2.69. The van der Waals surface area contributed by atoms with E-state index in [-0.39, 0.29) is 31.1 Å². The zero-order chi connectivity index (χ0) is 22.7. The molecule has 166 valence electrons. The van der Waals surface area contributed by atoms with E-state index in [1.807, 2.05) is 13.8 Å². The molecule has 0 fully saturated rings. The fourth-order valence-corrected chi connectivity index (χ4v) is 2.46. The number of aliphatic carboxylic acids is 2. The van der Waals surface area contributed by atoms with Gasteiger partial charge < -0.3 is 31.9 Å². The van der Waals surface area contributed by atoms with Crippen molar-refractivity contribution in [3.05, 3.63) is 0 Å². The van der Waals surface area contributed by atoms with Gasteiger partial charge >= 0.3 is 11.9 Å². The minimum absolute atomic E-state index is 0.0346. The number of hydrogen-bond acceptors (Lipinski definition) is 6. The van der Waals surface area contributed by atoms with Crippen LogP contribution in [-0.2, 0) is 24.0 Å². The monoisotopic (exact) mass is 416 g/mol. The van der Waals surface area contributed by atoms with Crippen LogP contribution >= 0.6 is 0 Å². The summed E-state index contributed by atoms with van der Waals surface area (Å²) in [6, 6.07) is -3.06. The summed E-state index contributed by atoms with van der Waals surface area (Å²) in [5.74, 6) is -4.53. The number of carbonyl (C=O) groups is 5. The summed E-state index contributed by atoms with van der Waals surface area (Å²) < 4.78 is 0. The zero-order valence-corrected chi connectivity index (χ0v) is 17.2. The molecule has 0 spiro atoms. The first-order chi connectivity index (χ1) is 13.3. The maximum absolute atomic E-state index is 12.7. The standard InChI is InChI=1S/C18H32N4O7/c1-9(2)7-12(17(28)20-8-14(25)26)21-18(29)15(10(3)4)22-16(27)11(19)5-6-13(23)24/h9-12,15H,5-8,19H2,1-4H3,(H,20,28)(H,21,29)(H,22,27)(H,23,24)(H,25,26). The summed E-state index contributed by atoms with van der Waals surface area (Å²) in [5, 5.41) is 24.7. The number of carboxylic acids is 2. The topological polar surface area (TPSA) is 188 Å². The van der Waals surface area contributed by atoms with Gasteiger partial charge in [0.05, 0.1) is 6.04 Å². The number of rotatable bonds is 13. The summed E-state index contributed by atoms with van der Waals surface area (Å²) in [6.07, 6.45) is -0.0947. The number of nitrogens with two attached hydrogens (primary N) is 1. The molecule has 7 N–H and O–H groups in total. The number of hydrogen-bond donors (Lipinski definition) is 6. The number of carbonyl (C=O) groups excluding carboxylic acids is 3. The minimum atomic E-state index is -1.21. The Morgan fingerprint density at radius 1 is 0.862 bits per heavy atom. The van der Waals surface area contributed by atoms with E-state index in [2.05, 4.69) is 16.0 Å². The van der Waals surface area contributed by atoms with Crippen LogP contribution in [0.4, 0.5) is 0 Å². The molecule has 0 saturated heterocycles. The summed E-state index contributed by atoms with van der Waals surface area (Å²) in [7, 11) is 0. The molecule has 0 saturated carbocycles. The molecule has 0 aromatic heterocycles. The van der Waals surface area contributed by atoms with Gasteiger partial charge in [-0.05, 0) is 24.7 Å². The fourth-order valence-electron chi connectivity index (χ4n) is 2.46. The average molecular weight is 416 g/mol. The Balaban J connectivity index is 5.13. The second kappa shape index (κ2) is 12.7. The van der Waals surface area contributed by atoms with Gasteiger partial charge in [0.1, 0.15) is 18.6 Å². The second-order valence-electron chi connectivity index (χ2n) is 7.57. The number of nitrogens with one attached hydrogen (secondary N) is 3. The van der Waals surface area contributed by atoms with E-state index in [4.69, 9.17) is 15.9 Å². The van der Waals surface area contributed by atoms with Gasteiger partial charge in [0, 0.05) is 6.42 Å². The van der Waals surface area contributed by atoms with Crippen molar-refractivity contribution in [1.82, 2.24) is 16.0 Å². The van der Waals surface area contributed by atoms with E-state index in [9.17, 15) is 24.0 Å². The summed E-state index contributed by atoms with van der Waals surface area (Å²) >= 11 is 0. The van der Waals surface area contributed by atoms with Crippen LogP contribution in [0.25, 0.3) is 0 Å². The lowest BCUT2D eigenvalue weighted by Crippen LogP contribution is -2.57. The molecule has 0 bridgehead atoms. The van der Waals surface area contributed by atoms with Gasteiger partial charge in [-0.3, -0.25) is 24.0 Å². The molecule has 0 rings (SSSR count). The normalized spacial score (nSPS) is 14.0. The number of carboxylic acid groups (broad SMARTS) is 2. The van der Waals surface area contributed by atoms with Gasteiger partial charge in [-0.25, -0.2) is 0 Å². The fraction of sp³-hybridized carbons (Fsp3) is 0.722. The molecule has 0 aliphatic rings. The highest BCUT2D eigenvalue weighted by Crippen LogP contribution is 2.08. The van der Waals surface area contributed by atoms with E-state index in [0.29, 0.717) is 0 Å². The minimum Gasteiger partial charge on any atom is -0.481 e. The number of amides is 3. The van der Waals surface area contributed by atoms with Crippen LogP contribution in [0.1, 0.15) is 47.0 Å². The van der Waals surface area contributed by atoms with Gasteiger partial charge in [0.15, 0.2) is 0 Å². The molecule has 3 atom stereocenters. The Morgan fingerprint density at radius 2 is 1.45 bits per heavy atom. The van der Waals surface area contributed by atoms with E-state index in [0.717, 1.165) is 0 Å². The largest absolute Gasteiger partial charge is 0.481 e. The van der Waals surface area contributed by atoms with E-state index >= 15 is 0 Å². The second-order valence-corrected chi connectivity index (χ2v) is 7.57. The molecule has 0 aromatic rings. The van der Waals surface area contributed by atoms with Crippen LogP contribution in [0.2, 0.25) is 0 Å². The quantitative estimate of drug-likeness (QED) is 0.221. The highest BCUT2D eigenvalue weighted by atomic mass is 16.4. The lowest BCUT2D eigenvalue weighted by atomic mass is 9.99. The summed E-state index contributed by atoms with van der Waals surface area (Å²) in [4.78, 5) is 58.4. The predicted octanol–water partition coefficient (Wildman–Crippen LogP) is -0.949. The first kappa shape index (κ1) is 26.3. The zero-order valence-electron chi connectivity index (χ0n) is 17.2. The summed E-state index contributed by atoms with van der Waals surface area (Å²) in [5.41, 5.74) is 5.67. The van der Waals surface area contributed by atoms with Crippen LogP contribution in [0.3, 0.4) is 0 Å². The Morgan fingerprint density at radius 3 is 1.90 bits per heavy atom. The van der Waals surface area contributed by atoms with Crippen LogP contribution in [0.15, 0.2) is 0 Å². The molecule has 0 heterocycles. The van der Waals surface area contributed by atoms with E-state index < -0.39 is 54.3 Å². The van der Waals surface area contributed by atoms with Crippen molar-refractivity contribution in [1.29, 1.82) is 0 Å². The highest BCUT2D eigenvalue weighted by Gasteiger charge is 2.30. The van der Waals surface area contributed by atoms with Gasteiger partial charge in [0.25, 0.3) is 0 Å². The van der Waals surface area contributed by atoms with Gasteiger partial charge in [-0.2, -0.15) is 0 Å². The van der Waals surface area contributed by atoms with Crippen LogP contribution < -0.4 is 21.7 Å². The Kier molecular flexibility index (Phi) is 11.5. The molecule has 0 aliphatic heterocycles. The molecular formula is C18H32N4O7. The highest BCUT2D eigenvalue weighted by molar-refractivity contribution is 5.93. The van der Waals surface area contributed by atoms with Crippen LogP contribution in [-0.4, -0.2) is 64.5 Å². The van der Waals surface area contributed by atoms with Crippen molar-refractivity contribution >= 4 is 29.7 Å².